The zero-order valence-corrected chi connectivity index (χ0v) is 33.1. The van der Waals surface area contributed by atoms with E-state index in [4.69, 9.17) is 0 Å². The second kappa shape index (κ2) is 13.1. The minimum absolute atomic E-state index is 1.16. The van der Waals surface area contributed by atoms with Crippen LogP contribution in [-0.2, 0) is 0 Å². The number of benzene rings is 9. The molecule has 0 bridgehead atoms. The van der Waals surface area contributed by atoms with Crippen LogP contribution in [0, 0.1) is 0 Å². The number of fused-ring (bicyclic) bond motifs is 10. The molecule has 0 fully saturated rings. The molecule has 12 aromatic rings. The summed E-state index contributed by atoms with van der Waals surface area (Å²) in [6.07, 6.45) is 0. The lowest BCUT2D eigenvalue weighted by molar-refractivity contribution is 1.14. The monoisotopic (exact) mass is 776 g/mol. The van der Waals surface area contributed by atoms with Crippen molar-refractivity contribution in [1.82, 2.24) is 9.13 Å². The van der Waals surface area contributed by atoms with Gasteiger partial charge >= 0.3 is 0 Å². The summed E-state index contributed by atoms with van der Waals surface area (Å²) in [6, 6.07) is 81.0. The summed E-state index contributed by atoms with van der Waals surface area (Å²) >= 11 is 1.90. The summed E-state index contributed by atoms with van der Waals surface area (Å²) < 4.78 is 7.58. The van der Waals surface area contributed by atoms with Gasteiger partial charge in [0, 0.05) is 72.7 Å². The fourth-order valence-electron chi connectivity index (χ4n) is 9.39. The Labute approximate surface area is 341 Å². The molecular weight excluding hydrogens is 741 g/mol. The maximum Gasteiger partial charge on any atom is 0.0555 e. The lowest BCUT2D eigenvalue weighted by Crippen LogP contribution is -2.06. The first-order chi connectivity index (χ1) is 28.8. The van der Waals surface area contributed by atoms with Gasteiger partial charge in [-0.2, -0.15) is 0 Å². The second-order valence-electron chi connectivity index (χ2n) is 14.9. The van der Waals surface area contributed by atoms with Crippen molar-refractivity contribution in [3.05, 3.63) is 218 Å². The molecule has 0 unspecified atom stereocenters. The molecule has 0 atom stereocenters. The molecule has 274 valence electrons. The van der Waals surface area contributed by atoms with Crippen LogP contribution in [0.1, 0.15) is 0 Å². The molecule has 3 heterocycles. The Balaban J connectivity index is 1.10. The number of aromatic nitrogens is 2. The van der Waals surface area contributed by atoms with Crippen LogP contribution < -0.4 is 0 Å². The lowest BCUT2D eigenvalue weighted by atomic mass is 10.1. The van der Waals surface area contributed by atoms with Crippen LogP contribution in [0.4, 0.5) is 0 Å². The summed E-state index contributed by atoms with van der Waals surface area (Å²) in [7, 11) is -1.97. The van der Waals surface area contributed by atoms with E-state index >= 15 is 0 Å². The number of hydrogen-bond donors (Lipinski definition) is 0. The summed E-state index contributed by atoms with van der Waals surface area (Å²) in [5.74, 6) is 0. The number of hydrogen-bond acceptors (Lipinski definition) is 1. The number of para-hydroxylation sites is 3. The highest BCUT2D eigenvalue weighted by molar-refractivity contribution is 8.34. The molecule has 0 saturated heterocycles. The Bertz CT molecular complexity index is 3410. The van der Waals surface area contributed by atoms with Gasteiger partial charge in [-0.05, 0) is 97.1 Å². The summed E-state index contributed by atoms with van der Waals surface area (Å²) in [5, 5.41) is 7.80. The van der Waals surface area contributed by atoms with Gasteiger partial charge in [-0.1, -0.05) is 121 Å². The Morgan fingerprint density at radius 2 is 0.810 bits per heavy atom. The van der Waals surface area contributed by atoms with Crippen LogP contribution in [0.2, 0.25) is 0 Å². The normalized spacial score (nSPS) is 12.4. The van der Waals surface area contributed by atoms with E-state index in [0.29, 0.717) is 0 Å². The van der Waals surface area contributed by atoms with Gasteiger partial charge in [-0.15, -0.1) is 21.4 Å². The molecule has 0 amide bonds. The molecule has 0 aliphatic carbocycles. The Morgan fingerprint density at radius 1 is 0.310 bits per heavy atom. The van der Waals surface area contributed by atoms with Gasteiger partial charge in [0.2, 0.25) is 0 Å². The smallest absolute Gasteiger partial charge is 0.0555 e. The molecule has 12 rings (SSSR count). The maximum atomic E-state index is 2.46. The van der Waals surface area contributed by atoms with Crippen molar-refractivity contribution in [2.45, 2.75) is 19.6 Å². The molecule has 2 nitrogen and oxygen atoms in total. The molecule has 58 heavy (non-hydrogen) atoms. The van der Waals surface area contributed by atoms with Gasteiger partial charge in [0.15, 0.2) is 0 Å². The Morgan fingerprint density at radius 3 is 1.47 bits per heavy atom. The van der Waals surface area contributed by atoms with Gasteiger partial charge in [0.05, 0.1) is 22.1 Å². The molecule has 0 spiro atoms. The molecule has 0 radical (unpaired) electrons. The van der Waals surface area contributed by atoms with Crippen LogP contribution >= 0.6 is 21.4 Å². The Hall–Kier alpha value is -6.85. The maximum absolute atomic E-state index is 2.46. The van der Waals surface area contributed by atoms with Crippen LogP contribution in [0.3, 0.4) is 0 Å². The third-order valence-electron chi connectivity index (χ3n) is 11.8. The van der Waals surface area contributed by atoms with Crippen molar-refractivity contribution < 1.29 is 0 Å². The SMILES string of the molecule is c1ccc(S(c2ccccc2)(c2ccc(-n3c4ccccc4c4c5sc6ccccc6c5ccc43)cc2)c2cccc(-n3c4ccccc4c4ccccc43)c2)cc1. The summed E-state index contributed by atoms with van der Waals surface area (Å²) in [4.78, 5) is 5.19. The fraction of sp³-hybridized carbons (Fsp3) is 0. The van der Waals surface area contributed by atoms with E-state index in [1.807, 2.05) is 11.3 Å². The van der Waals surface area contributed by atoms with Crippen molar-refractivity contribution in [1.29, 1.82) is 0 Å². The van der Waals surface area contributed by atoms with Gasteiger partial charge in [0.1, 0.15) is 0 Å². The highest BCUT2D eigenvalue weighted by Crippen LogP contribution is 2.73. The third-order valence-corrected chi connectivity index (χ3v) is 16.9. The third kappa shape index (κ3) is 4.80. The van der Waals surface area contributed by atoms with Crippen LogP contribution in [-0.4, -0.2) is 9.13 Å². The fourth-order valence-corrected chi connectivity index (χ4v) is 14.5. The van der Waals surface area contributed by atoms with Crippen molar-refractivity contribution in [2.75, 3.05) is 0 Å². The minimum Gasteiger partial charge on any atom is -0.309 e. The highest BCUT2D eigenvalue weighted by Gasteiger charge is 2.34. The molecule has 0 saturated carbocycles. The average molecular weight is 777 g/mol. The summed E-state index contributed by atoms with van der Waals surface area (Å²) in [6.45, 7) is 0. The van der Waals surface area contributed by atoms with E-state index in [1.165, 1.54) is 83.4 Å². The zero-order chi connectivity index (χ0) is 38.2. The molecule has 3 aromatic heterocycles. The van der Waals surface area contributed by atoms with E-state index in [9.17, 15) is 0 Å². The zero-order valence-electron chi connectivity index (χ0n) is 31.5. The predicted octanol–water partition coefficient (Wildman–Crippen LogP) is 15.6. The standard InChI is InChI=1S/C54H36N2S2/c1-3-17-39(18-4-1)58(40-19-5-2-6-20-40,42-21-15-16-38(36-42)56-48-26-11-7-22-43(48)44-23-8-12-27-49(44)56)41-32-30-37(31-33-41)55-50-28-13-9-25-47(50)53-51(55)35-34-46-45-24-10-14-29-52(45)57-54(46)53/h1-36H. The quantitative estimate of drug-likeness (QED) is 0.159. The van der Waals surface area contributed by atoms with Crippen molar-refractivity contribution in [3.63, 3.8) is 0 Å². The van der Waals surface area contributed by atoms with E-state index in [1.54, 1.807) is 0 Å². The Kier molecular flexibility index (Phi) is 7.52. The lowest BCUT2D eigenvalue weighted by Gasteiger charge is -2.42. The van der Waals surface area contributed by atoms with E-state index < -0.39 is 10.0 Å². The van der Waals surface area contributed by atoms with Crippen LogP contribution in [0.15, 0.2) is 238 Å². The minimum atomic E-state index is -1.97. The van der Waals surface area contributed by atoms with Gasteiger partial charge < -0.3 is 9.13 Å². The first-order valence-electron chi connectivity index (χ1n) is 19.8. The van der Waals surface area contributed by atoms with Crippen molar-refractivity contribution in [2.24, 2.45) is 0 Å². The first-order valence-corrected chi connectivity index (χ1v) is 22.2. The predicted molar refractivity (Wildman–Crippen MR) is 248 cm³/mol. The van der Waals surface area contributed by atoms with Crippen LogP contribution in [0.25, 0.3) is 75.2 Å². The number of nitrogens with zero attached hydrogens (tertiary/aromatic N) is 2. The summed E-state index contributed by atoms with van der Waals surface area (Å²) in [5.41, 5.74) is 7.20. The van der Waals surface area contributed by atoms with Crippen LogP contribution in [0.5, 0.6) is 0 Å². The highest BCUT2D eigenvalue weighted by atomic mass is 32.3. The topological polar surface area (TPSA) is 9.86 Å². The molecule has 0 N–H and O–H groups in total. The molecule has 0 aliphatic rings. The molecule has 0 aliphatic heterocycles. The van der Waals surface area contributed by atoms with E-state index in [2.05, 4.69) is 228 Å². The van der Waals surface area contributed by atoms with E-state index in [-0.39, 0.29) is 0 Å². The van der Waals surface area contributed by atoms with Gasteiger partial charge in [-0.25, -0.2) is 0 Å². The molecule has 9 aromatic carbocycles. The van der Waals surface area contributed by atoms with Crippen molar-refractivity contribution >= 4 is 85.1 Å². The van der Waals surface area contributed by atoms with Gasteiger partial charge in [-0.3, -0.25) is 0 Å². The number of rotatable bonds is 6. The molecule has 4 heteroatoms. The molecular formula is C54H36N2S2. The largest absolute Gasteiger partial charge is 0.309 e. The first kappa shape index (κ1) is 33.3. The van der Waals surface area contributed by atoms with E-state index in [0.717, 1.165) is 11.4 Å². The number of thiophene rings is 1. The second-order valence-corrected chi connectivity index (χ2v) is 19.0. The van der Waals surface area contributed by atoms with Gasteiger partial charge in [0.25, 0.3) is 0 Å². The van der Waals surface area contributed by atoms with Crippen molar-refractivity contribution in [3.8, 4) is 11.4 Å². The average Bonchev–Trinajstić information content (AvgIpc) is 3.96.